The normalized spacial score (nSPS) is 10.8. The summed E-state index contributed by atoms with van der Waals surface area (Å²) in [5, 5.41) is 7.01. The Bertz CT molecular complexity index is 867. The van der Waals surface area contributed by atoms with Gasteiger partial charge in [0.25, 0.3) is 5.91 Å². The summed E-state index contributed by atoms with van der Waals surface area (Å²) < 4.78 is 20.9. The molecule has 1 aromatic carbocycles. The third-order valence-electron chi connectivity index (χ3n) is 3.69. The lowest BCUT2D eigenvalue weighted by atomic mass is 10.2. The molecule has 0 fully saturated rings. The largest absolute Gasteiger partial charge is 0.454 e. The first-order chi connectivity index (χ1) is 11.5. The zero-order valence-corrected chi connectivity index (χ0v) is 13.5. The standard InChI is InChI=1S/C18H18FN3O2/c1-12-9-13(2)22(21-12)11-15-7-8-17(24-15)18(23)20-10-14-5-3-4-6-16(14)19/h3-9H,10-11H2,1-2H3,(H,20,23). The number of halogens is 1. The minimum absolute atomic E-state index is 0.110. The fourth-order valence-corrected chi connectivity index (χ4v) is 2.47. The van der Waals surface area contributed by atoms with Crippen molar-refractivity contribution in [3.8, 4) is 0 Å². The quantitative estimate of drug-likeness (QED) is 0.783. The molecule has 0 aliphatic heterocycles. The molecule has 0 bridgehead atoms. The fourth-order valence-electron chi connectivity index (χ4n) is 2.47. The van der Waals surface area contributed by atoms with Crippen LogP contribution in [-0.2, 0) is 13.1 Å². The molecule has 2 aromatic heterocycles. The summed E-state index contributed by atoms with van der Waals surface area (Å²) in [7, 11) is 0. The Morgan fingerprint density at radius 2 is 2.04 bits per heavy atom. The monoisotopic (exact) mass is 327 g/mol. The molecule has 0 unspecified atom stereocenters. The zero-order chi connectivity index (χ0) is 17.1. The molecular formula is C18H18FN3O2. The SMILES string of the molecule is Cc1cc(C)n(Cc2ccc(C(=O)NCc3ccccc3F)o2)n1. The summed E-state index contributed by atoms with van der Waals surface area (Å²) >= 11 is 0. The average molecular weight is 327 g/mol. The number of benzene rings is 1. The summed E-state index contributed by atoms with van der Waals surface area (Å²) in [6.45, 7) is 4.46. The van der Waals surface area contributed by atoms with Crippen molar-refractivity contribution in [2.24, 2.45) is 0 Å². The third kappa shape index (κ3) is 3.53. The first kappa shape index (κ1) is 16.0. The summed E-state index contributed by atoms with van der Waals surface area (Å²) in [6, 6.07) is 11.7. The Morgan fingerprint density at radius 1 is 1.25 bits per heavy atom. The molecule has 5 nitrogen and oxygen atoms in total. The Kier molecular flexibility index (Phi) is 4.46. The minimum atomic E-state index is -0.377. The van der Waals surface area contributed by atoms with Crippen molar-refractivity contribution in [2.75, 3.05) is 0 Å². The van der Waals surface area contributed by atoms with Gasteiger partial charge in [-0.1, -0.05) is 18.2 Å². The van der Waals surface area contributed by atoms with Crippen LogP contribution >= 0.6 is 0 Å². The fraction of sp³-hybridized carbons (Fsp3) is 0.222. The van der Waals surface area contributed by atoms with Gasteiger partial charge >= 0.3 is 0 Å². The Balaban J connectivity index is 1.63. The van der Waals surface area contributed by atoms with E-state index in [2.05, 4.69) is 10.4 Å². The predicted octanol–water partition coefficient (Wildman–Crippen LogP) is 3.21. The zero-order valence-electron chi connectivity index (χ0n) is 13.5. The summed E-state index contributed by atoms with van der Waals surface area (Å²) in [5.41, 5.74) is 2.39. The van der Waals surface area contributed by atoms with E-state index in [9.17, 15) is 9.18 Å². The second-order valence-corrected chi connectivity index (χ2v) is 5.62. The summed E-state index contributed by atoms with van der Waals surface area (Å²) in [6.07, 6.45) is 0. The summed E-state index contributed by atoms with van der Waals surface area (Å²) in [5.74, 6) is 0.112. The molecular weight excluding hydrogens is 309 g/mol. The molecule has 24 heavy (non-hydrogen) atoms. The van der Waals surface area contributed by atoms with E-state index in [0.717, 1.165) is 11.4 Å². The molecule has 3 rings (SSSR count). The van der Waals surface area contributed by atoms with Crippen LogP contribution in [0.2, 0.25) is 0 Å². The van der Waals surface area contributed by atoms with Crippen LogP contribution in [0.3, 0.4) is 0 Å². The van der Waals surface area contributed by atoms with Crippen LogP contribution in [0, 0.1) is 19.7 Å². The maximum absolute atomic E-state index is 13.5. The lowest BCUT2D eigenvalue weighted by Gasteiger charge is -2.05. The molecule has 0 saturated heterocycles. The topological polar surface area (TPSA) is 60.1 Å². The first-order valence-corrected chi connectivity index (χ1v) is 7.64. The van der Waals surface area contributed by atoms with E-state index in [1.54, 1.807) is 30.3 Å². The number of hydrogen-bond acceptors (Lipinski definition) is 3. The highest BCUT2D eigenvalue weighted by Crippen LogP contribution is 2.12. The first-order valence-electron chi connectivity index (χ1n) is 7.64. The third-order valence-corrected chi connectivity index (χ3v) is 3.69. The number of furan rings is 1. The molecule has 0 aliphatic rings. The molecule has 2 heterocycles. The Labute approximate surface area is 139 Å². The number of hydrogen-bond donors (Lipinski definition) is 1. The lowest BCUT2D eigenvalue weighted by molar-refractivity contribution is 0.0920. The maximum Gasteiger partial charge on any atom is 0.287 e. The van der Waals surface area contributed by atoms with Crippen LogP contribution in [0.4, 0.5) is 4.39 Å². The molecule has 0 atom stereocenters. The Hall–Kier alpha value is -2.89. The van der Waals surface area contributed by atoms with Crippen molar-refractivity contribution in [3.05, 3.63) is 76.8 Å². The van der Waals surface area contributed by atoms with E-state index in [1.807, 2.05) is 24.6 Å². The number of aromatic nitrogens is 2. The number of nitrogens with zero attached hydrogens (tertiary/aromatic N) is 2. The van der Waals surface area contributed by atoms with Crippen molar-refractivity contribution in [1.82, 2.24) is 15.1 Å². The van der Waals surface area contributed by atoms with E-state index >= 15 is 0 Å². The Morgan fingerprint density at radius 3 is 2.75 bits per heavy atom. The van der Waals surface area contributed by atoms with Gasteiger partial charge in [-0.05, 0) is 38.1 Å². The molecule has 0 aliphatic carbocycles. The van der Waals surface area contributed by atoms with Gasteiger partial charge < -0.3 is 9.73 Å². The van der Waals surface area contributed by atoms with Crippen LogP contribution in [0.25, 0.3) is 0 Å². The average Bonchev–Trinajstić information content (AvgIpc) is 3.13. The maximum atomic E-state index is 13.5. The van der Waals surface area contributed by atoms with Crippen molar-refractivity contribution >= 4 is 5.91 Å². The molecule has 1 amide bonds. The number of aryl methyl sites for hydroxylation is 2. The van der Waals surface area contributed by atoms with Gasteiger partial charge in [-0.3, -0.25) is 9.48 Å². The van der Waals surface area contributed by atoms with Crippen molar-refractivity contribution in [1.29, 1.82) is 0 Å². The van der Waals surface area contributed by atoms with Gasteiger partial charge in [0.15, 0.2) is 5.76 Å². The van der Waals surface area contributed by atoms with Gasteiger partial charge in [0.1, 0.15) is 11.6 Å². The van der Waals surface area contributed by atoms with Gasteiger partial charge in [0, 0.05) is 17.8 Å². The molecule has 0 spiro atoms. The molecule has 1 N–H and O–H groups in total. The lowest BCUT2D eigenvalue weighted by Crippen LogP contribution is -2.22. The van der Waals surface area contributed by atoms with Gasteiger partial charge in [-0.15, -0.1) is 0 Å². The second kappa shape index (κ2) is 6.70. The predicted molar refractivity (Wildman–Crippen MR) is 87.1 cm³/mol. The number of rotatable bonds is 5. The second-order valence-electron chi connectivity index (χ2n) is 5.62. The van der Waals surface area contributed by atoms with E-state index in [1.165, 1.54) is 6.07 Å². The van der Waals surface area contributed by atoms with Crippen molar-refractivity contribution in [2.45, 2.75) is 26.9 Å². The van der Waals surface area contributed by atoms with Crippen LogP contribution in [-0.4, -0.2) is 15.7 Å². The van der Waals surface area contributed by atoms with Gasteiger partial charge in [-0.2, -0.15) is 5.10 Å². The van der Waals surface area contributed by atoms with Crippen molar-refractivity contribution < 1.29 is 13.6 Å². The highest BCUT2D eigenvalue weighted by molar-refractivity contribution is 5.91. The van der Waals surface area contributed by atoms with Crippen LogP contribution in [0.15, 0.2) is 46.9 Å². The van der Waals surface area contributed by atoms with E-state index in [4.69, 9.17) is 4.42 Å². The molecule has 0 saturated carbocycles. The molecule has 6 heteroatoms. The van der Waals surface area contributed by atoms with E-state index < -0.39 is 0 Å². The van der Waals surface area contributed by atoms with Crippen molar-refractivity contribution in [3.63, 3.8) is 0 Å². The van der Waals surface area contributed by atoms with E-state index in [0.29, 0.717) is 17.9 Å². The molecule has 124 valence electrons. The number of carbonyl (C=O) groups excluding carboxylic acids is 1. The molecule has 0 radical (unpaired) electrons. The van der Waals surface area contributed by atoms with Crippen LogP contribution in [0.1, 0.15) is 33.3 Å². The van der Waals surface area contributed by atoms with Gasteiger partial charge in [-0.25, -0.2) is 4.39 Å². The number of carbonyl (C=O) groups is 1. The minimum Gasteiger partial charge on any atom is -0.454 e. The van der Waals surface area contributed by atoms with Crippen LogP contribution in [0.5, 0.6) is 0 Å². The number of amides is 1. The van der Waals surface area contributed by atoms with Gasteiger partial charge in [0.05, 0.1) is 12.2 Å². The van der Waals surface area contributed by atoms with Crippen LogP contribution < -0.4 is 5.32 Å². The highest BCUT2D eigenvalue weighted by Gasteiger charge is 2.13. The van der Waals surface area contributed by atoms with E-state index in [-0.39, 0.29) is 24.0 Å². The summed E-state index contributed by atoms with van der Waals surface area (Å²) in [4.78, 5) is 12.1. The highest BCUT2D eigenvalue weighted by atomic mass is 19.1. The smallest absolute Gasteiger partial charge is 0.287 e. The van der Waals surface area contributed by atoms with Gasteiger partial charge in [0.2, 0.25) is 0 Å². The number of nitrogens with one attached hydrogen (secondary N) is 1. The molecule has 3 aromatic rings.